The van der Waals surface area contributed by atoms with Gasteiger partial charge >= 0.3 is 0 Å². The lowest BCUT2D eigenvalue weighted by Crippen LogP contribution is -2.25. The molecule has 0 bridgehead atoms. The molecule has 0 aromatic carbocycles. The molecule has 2 aliphatic heterocycles. The summed E-state index contributed by atoms with van der Waals surface area (Å²) in [6, 6.07) is 0. The number of thioether (sulfide) groups is 1. The summed E-state index contributed by atoms with van der Waals surface area (Å²) in [5, 5.41) is 0.712. The van der Waals surface area contributed by atoms with Crippen LogP contribution in [-0.2, 0) is 24.5 Å². The van der Waals surface area contributed by atoms with E-state index < -0.39 is 15.6 Å². The van der Waals surface area contributed by atoms with Crippen molar-refractivity contribution >= 4 is 38.4 Å². The number of rotatable bonds is 6. The molecule has 2 atom stereocenters. The Kier molecular flexibility index (Phi) is 5.40. The SMILES string of the molecule is CC1=C(CCOP(=O)([O-])OP(=O)([O-])O)SC2=Nc3nc(C)ncc3CN21. The molecule has 2 aliphatic rings. The molecule has 1 aromatic rings. The number of phosphoric acid groups is 2. The van der Waals surface area contributed by atoms with Gasteiger partial charge in [-0.25, -0.2) is 19.3 Å². The van der Waals surface area contributed by atoms with Crippen molar-refractivity contribution in [1.82, 2.24) is 14.9 Å². The van der Waals surface area contributed by atoms with E-state index in [-0.39, 0.29) is 13.0 Å². The maximum atomic E-state index is 11.3. The van der Waals surface area contributed by atoms with E-state index in [4.69, 9.17) is 4.89 Å². The fourth-order valence-corrected chi connectivity index (χ4v) is 5.01. The van der Waals surface area contributed by atoms with Crippen molar-refractivity contribution in [1.29, 1.82) is 0 Å². The number of fused-ring (bicyclic) bond motifs is 2. The molecule has 0 spiro atoms. The van der Waals surface area contributed by atoms with Crippen LogP contribution in [0.4, 0.5) is 5.82 Å². The second-order valence-electron chi connectivity index (χ2n) is 5.44. The Morgan fingerprint density at radius 1 is 1.38 bits per heavy atom. The van der Waals surface area contributed by atoms with Gasteiger partial charge in [-0.15, -0.1) is 0 Å². The van der Waals surface area contributed by atoms with E-state index in [1.165, 1.54) is 11.8 Å². The monoisotopic (exact) mass is 420 g/mol. The van der Waals surface area contributed by atoms with Crippen molar-refractivity contribution in [3.8, 4) is 0 Å². The summed E-state index contributed by atoms with van der Waals surface area (Å²) in [7, 11) is -10.6. The molecule has 3 rings (SSSR count). The van der Waals surface area contributed by atoms with Crippen LogP contribution in [0.5, 0.6) is 0 Å². The van der Waals surface area contributed by atoms with E-state index in [2.05, 4.69) is 23.8 Å². The minimum Gasteiger partial charge on any atom is -0.756 e. The number of aliphatic imine (C=N–C) groups is 1. The maximum Gasteiger partial charge on any atom is 0.274 e. The van der Waals surface area contributed by atoms with Crippen molar-refractivity contribution in [3.05, 3.63) is 28.2 Å². The third-order valence-corrected chi connectivity index (χ3v) is 6.89. The van der Waals surface area contributed by atoms with E-state index >= 15 is 0 Å². The molecule has 0 saturated carbocycles. The van der Waals surface area contributed by atoms with Crippen molar-refractivity contribution < 1.29 is 32.6 Å². The summed E-state index contributed by atoms with van der Waals surface area (Å²) in [5.74, 6) is 1.22. The van der Waals surface area contributed by atoms with Crippen molar-refractivity contribution in [2.75, 3.05) is 6.61 Å². The molecule has 0 amide bonds. The van der Waals surface area contributed by atoms with Crippen LogP contribution in [-0.4, -0.2) is 31.5 Å². The van der Waals surface area contributed by atoms with Gasteiger partial charge in [-0.1, -0.05) is 11.8 Å². The quantitative estimate of drug-likeness (QED) is 0.652. The van der Waals surface area contributed by atoms with Gasteiger partial charge in [0.1, 0.15) is 5.82 Å². The Morgan fingerprint density at radius 2 is 2.12 bits per heavy atom. The Morgan fingerprint density at radius 3 is 2.81 bits per heavy atom. The molecule has 26 heavy (non-hydrogen) atoms. The van der Waals surface area contributed by atoms with E-state index in [0.29, 0.717) is 23.4 Å². The molecule has 1 aromatic heterocycles. The van der Waals surface area contributed by atoms with E-state index in [9.17, 15) is 18.9 Å². The predicted molar refractivity (Wildman–Crippen MR) is 88.8 cm³/mol. The third-order valence-electron chi connectivity index (χ3n) is 3.53. The highest BCUT2D eigenvalue weighted by molar-refractivity contribution is 8.17. The van der Waals surface area contributed by atoms with Gasteiger partial charge in [-0.2, -0.15) is 0 Å². The minimum absolute atomic E-state index is 0.192. The molecule has 1 N–H and O–H groups in total. The second-order valence-corrected chi connectivity index (χ2v) is 9.24. The van der Waals surface area contributed by atoms with Crippen LogP contribution < -0.4 is 9.79 Å². The van der Waals surface area contributed by atoms with Crippen LogP contribution >= 0.6 is 27.4 Å². The van der Waals surface area contributed by atoms with E-state index in [1.54, 1.807) is 13.1 Å². The molecule has 11 nitrogen and oxygen atoms in total. The van der Waals surface area contributed by atoms with Gasteiger partial charge in [0.25, 0.3) is 15.6 Å². The first-order valence-corrected chi connectivity index (χ1v) is 11.1. The Bertz CT molecular complexity index is 900. The van der Waals surface area contributed by atoms with Crippen molar-refractivity contribution in [3.63, 3.8) is 0 Å². The van der Waals surface area contributed by atoms with Gasteiger partial charge in [0, 0.05) is 28.8 Å². The lowest BCUT2D eigenvalue weighted by Gasteiger charge is -2.27. The number of allylic oxidation sites excluding steroid dienone is 1. The van der Waals surface area contributed by atoms with Crippen LogP contribution in [0.1, 0.15) is 24.7 Å². The third kappa shape index (κ3) is 4.59. The van der Waals surface area contributed by atoms with E-state index in [1.807, 2.05) is 11.8 Å². The molecule has 0 saturated heterocycles. The van der Waals surface area contributed by atoms with Gasteiger partial charge < -0.3 is 24.1 Å². The molecule has 2 unspecified atom stereocenters. The molecule has 14 heteroatoms. The smallest absolute Gasteiger partial charge is 0.274 e. The number of amidine groups is 1. The van der Waals surface area contributed by atoms with E-state index in [0.717, 1.165) is 16.2 Å². The summed E-state index contributed by atoms with van der Waals surface area (Å²) in [4.78, 5) is 45.9. The minimum atomic E-state index is -5.43. The highest BCUT2D eigenvalue weighted by Crippen LogP contribution is 2.52. The fraction of sp³-hybridized carbons (Fsp3) is 0.417. The Hall–Kier alpha value is -1.10. The molecular weight excluding hydrogens is 406 g/mol. The maximum absolute atomic E-state index is 11.3. The first kappa shape index (κ1) is 19.7. The van der Waals surface area contributed by atoms with Gasteiger partial charge in [-0.3, -0.25) is 9.13 Å². The molecule has 0 aliphatic carbocycles. The summed E-state index contributed by atoms with van der Waals surface area (Å²) >= 11 is 1.35. The largest absolute Gasteiger partial charge is 0.756 e. The number of aromatic nitrogens is 2. The fourth-order valence-electron chi connectivity index (χ4n) is 2.39. The Labute approximate surface area is 153 Å². The zero-order valence-electron chi connectivity index (χ0n) is 13.7. The average Bonchev–Trinajstić information content (AvgIpc) is 2.78. The number of hydrogen-bond donors (Lipinski definition) is 1. The molecule has 142 valence electrons. The van der Waals surface area contributed by atoms with Crippen LogP contribution in [0.25, 0.3) is 0 Å². The predicted octanol–water partition coefficient (Wildman–Crippen LogP) is 0.919. The van der Waals surface area contributed by atoms with Gasteiger partial charge in [0.05, 0.1) is 13.2 Å². The van der Waals surface area contributed by atoms with Crippen molar-refractivity contribution in [2.24, 2.45) is 4.99 Å². The highest BCUT2D eigenvalue weighted by Gasteiger charge is 2.31. The standard InChI is InChI=1S/C12H16N4O7P2S/c1-7-10(3-4-22-25(20,21)23-24(17,18)19)26-12-15-11-9(6-16(7)12)5-13-8(2)14-11/h5H,3-4,6H2,1-2H3,(H,20,21)(H2,17,18,19)/p-2. The first-order valence-electron chi connectivity index (χ1n) is 7.31. The number of phosphoric ester groups is 1. The summed E-state index contributed by atoms with van der Waals surface area (Å²) < 4.78 is 29.8. The lowest BCUT2D eigenvalue weighted by atomic mass is 10.2. The highest BCUT2D eigenvalue weighted by atomic mass is 32.2. The summed E-state index contributed by atoms with van der Waals surface area (Å²) in [6.07, 6.45) is 1.91. The van der Waals surface area contributed by atoms with Gasteiger partial charge in [0.2, 0.25) is 0 Å². The normalized spacial score (nSPS) is 21.0. The van der Waals surface area contributed by atoms with Crippen LogP contribution in [0.2, 0.25) is 0 Å². The second kappa shape index (κ2) is 7.14. The van der Waals surface area contributed by atoms with Crippen molar-refractivity contribution in [2.45, 2.75) is 26.8 Å². The molecule has 0 fully saturated rings. The molecule has 0 radical (unpaired) electrons. The number of aryl methyl sites for hydroxylation is 1. The number of nitrogens with zero attached hydrogens (tertiary/aromatic N) is 4. The van der Waals surface area contributed by atoms with Gasteiger partial charge in [-0.05, 0) is 13.8 Å². The Balaban J connectivity index is 1.65. The lowest BCUT2D eigenvalue weighted by molar-refractivity contribution is -0.240. The van der Waals surface area contributed by atoms with Crippen LogP contribution in [0.15, 0.2) is 21.8 Å². The topological polar surface area (TPSA) is 160 Å². The van der Waals surface area contributed by atoms with Crippen LogP contribution in [0, 0.1) is 6.92 Å². The average molecular weight is 420 g/mol. The first-order chi connectivity index (χ1) is 12.0. The van der Waals surface area contributed by atoms with Gasteiger partial charge in [0.15, 0.2) is 11.0 Å². The summed E-state index contributed by atoms with van der Waals surface area (Å²) in [5.41, 5.74) is 1.75. The zero-order valence-corrected chi connectivity index (χ0v) is 16.3. The molecule has 3 heterocycles. The zero-order chi connectivity index (χ0) is 19.1. The van der Waals surface area contributed by atoms with Crippen LogP contribution in [0.3, 0.4) is 0 Å². The number of hydrogen-bond acceptors (Lipinski definition) is 11. The molecular formula is C12H14N4O7P2S-2. The summed E-state index contributed by atoms with van der Waals surface area (Å²) in [6.45, 7) is 3.84.